The molecule has 2 heterocycles. The van der Waals surface area contributed by atoms with Crippen molar-refractivity contribution in [2.45, 2.75) is 62.9 Å². The molecule has 0 spiro atoms. The molecule has 0 unspecified atom stereocenters. The van der Waals surface area contributed by atoms with Gasteiger partial charge in [-0.1, -0.05) is 37.1 Å². The van der Waals surface area contributed by atoms with Crippen molar-refractivity contribution in [1.82, 2.24) is 20.3 Å². The monoisotopic (exact) mass is 463 g/mol. The summed E-state index contributed by atoms with van der Waals surface area (Å²) in [5.41, 5.74) is -0.379. The van der Waals surface area contributed by atoms with Crippen molar-refractivity contribution in [3.8, 4) is 6.07 Å². The fourth-order valence-electron chi connectivity index (χ4n) is 4.30. The van der Waals surface area contributed by atoms with E-state index >= 15 is 0 Å². The normalized spacial score (nSPS) is 21.9. The summed E-state index contributed by atoms with van der Waals surface area (Å²) in [6, 6.07) is 2.00. The number of carbonyl (C=O) groups is 1. The number of aromatic nitrogens is 3. The largest absolute Gasteiger partial charge is 0.347 e. The lowest BCUT2D eigenvalue weighted by Gasteiger charge is -2.31. The summed E-state index contributed by atoms with van der Waals surface area (Å²) in [5, 5.41) is 25.0. The van der Waals surface area contributed by atoms with E-state index in [-0.39, 0.29) is 48.6 Å². The number of rotatable bonds is 8. The third-order valence-electron chi connectivity index (χ3n) is 6.14. The first-order valence-corrected chi connectivity index (χ1v) is 13.4. The van der Waals surface area contributed by atoms with Gasteiger partial charge in [-0.15, -0.1) is 16.9 Å². The van der Waals surface area contributed by atoms with Gasteiger partial charge in [0.15, 0.2) is 15.4 Å². The van der Waals surface area contributed by atoms with Gasteiger partial charge in [0.1, 0.15) is 5.69 Å². The molecule has 8 nitrogen and oxygen atoms in total. The number of amides is 1. The Morgan fingerprint density at radius 3 is 2.74 bits per heavy atom. The minimum atomic E-state index is -3.11. The zero-order valence-electron chi connectivity index (χ0n) is 17.6. The van der Waals surface area contributed by atoms with Crippen LogP contribution in [0.3, 0.4) is 0 Å². The number of sulfone groups is 1. The summed E-state index contributed by atoms with van der Waals surface area (Å²) in [7, 11) is -3.11. The van der Waals surface area contributed by atoms with Crippen LogP contribution in [0.25, 0.3) is 0 Å². The highest BCUT2D eigenvalue weighted by Crippen LogP contribution is 2.35. The maximum absolute atomic E-state index is 12.6. The number of carbonyl (C=O) groups excluding carboxylic acids is 1. The maximum Gasteiger partial charge on any atom is 0.224 e. The SMILES string of the molecule is C=CS/C=C\CC(=O)N[C@H](c1cn(C2(C#N)CCS(=O)(=O)CC2)nn1)C1CCCCC1. The van der Waals surface area contributed by atoms with Gasteiger partial charge < -0.3 is 5.32 Å². The molecule has 1 aliphatic carbocycles. The van der Waals surface area contributed by atoms with Crippen molar-refractivity contribution < 1.29 is 13.2 Å². The highest BCUT2D eigenvalue weighted by Gasteiger charge is 2.41. The lowest BCUT2D eigenvalue weighted by molar-refractivity contribution is -0.121. The van der Waals surface area contributed by atoms with Gasteiger partial charge in [0.2, 0.25) is 5.91 Å². The van der Waals surface area contributed by atoms with Gasteiger partial charge in [-0.05, 0) is 42.4 Å². The molecule has 0 aromatic carbocycles. The highest BCUT2D eigenvalue weighted by atomic mass is 32.2. The van der Waals surface area contributed by atoms with E-state index in [0.29, 0.717) is 5.69 Å². The Kier molecular flexibility index (Phi) is 7.94. The summed E-state index contributed by atoms with van der Waals surface area (Å²) in [6.07, 6.45) is 9.59. The van der Waals surface area contributed by atoms with E-state index in [4.69, 9.17) is 0 Å². The van der Waals surface area contributed by atoms with Crippen LogP contribution in [0.4, 0.5) is 0 Å². The molecule has 10 heteroatoms. The van der Waals surface area contributed by atoms with Crippen molar-refractivity contribution >= 4 is 27.5 Å². The molecule has 1 saturated carbocycles. The van der Waals surface area contributed by atoms with Gasteiger partial charge in [0, 0.05) is 6.42 Å². The van der Waals surface area contributed by atoms with Crippen LogP contribution in [0.15, 0.2) is 29.7 Å². The molecule has 0 bridgehead atoms. The predicted octanol–water partition coefficient (Wildman–Crippen LogP) is 3.22. The molecule has 2 fully saturated rings. The second kappa shape index (κ2) is 10.5. The zero-order valence-corrected chi connectivity index (χ0v) is 19.2. The van der Waals surface area contributed by atoms with Crippen molar-refractivity contribution in [2.75, 3.05) is 11.5 Å². The lowest BCUT2D eigenvalue weighted by atomic mass is 9.82. The molecule has 31 heavy (non-hydrogen) atoms. The van der Waals surface area contributed by atoms with Crippen LogP contribution >= 0.6 is 11.8 Å². The first-order chi connectivity index (χ1) is 14.9. The summed E-state index contributed by atoms with van der Waals surface area (Å²) in [4.78, 5) is 12.6. The molecule has 1 saturated heterocycles. The summed E-state index contributed by atoms with van der Waals surface area (Å²) in [6.45, 7) is 3.63. The van der Waals surface area contributed by atoms with Crippen LogP contribution in [0.1, 0.15) is 63.1 Å². The van der Waals surface area contributed by atoms with Gasteiger partial charge in [-0.2, -0.15) is 5.26 Å². The molecule has 1 aliphatic heterocycles. The minimum absolute atomic E-state index is 0.0341. The van der Waals surface area contributed by atoms with Gasteiger partial charge in [0.05, 0.1) is 29.8 Å². The van der Waals surface area contributed by atoms with Crippen molar-refractivity contribution in [1.29, 1.82) is 5.26 Å². The molecular weight excluding hydrogens is 434 g/mol. The molecule has 3 rings (SSSR count). The van der Waals surface area contributed by atoms with Crippen LogP contribution in [-0.2, 0) is 20.2 Å². The third-order valence-corrected chi connectivity index (χ3v) is 8.34. The Morgan fingerprint density at radius 1 is 1.39 bits per heavy atom. The average Bonchev–Trinajstić information content (AvgIpc) is 3.27. The predicted molar refractivity (Wildman–Crippen MR) is 121 cm³/mol. The Balaban J connectivity index is 1.79. The average molecular weight is 464 g/mol. The molecule has 2 aliphatic rings. The molecule has 0 radical (unpaired) electrons. The van der Waals surface area contributed by atoms with E-state index in [0.717, 1.165) is 25.7 Å². The standard InChI is InChI=1S/C21H29N5O3S2/c1-2-30-12-6-9-19(27)23-20(17-7-4-3-5-8-17)18-15-26(25-24-18)21(16-22)10-13-31(28,29)14-11-21/h2,6,12,15,17,20H,1,3-5,7-11,13-14H2,(H,23,27)/b12-6-/t20-/m0/s1. The lowest BCUT2D eigenvalue weighted by Crippen LogP contribution is -2.41. The van der Waals surface area contributed by atoms with Crippen LogP contribution in [0.5, 0.6) is 0 Å². The molecule has 168 valence electrons. The highest BCUT2D eigenvalue weighted by molar-refractivity contribution is 8.04. The summed E-state index contributed by atoms with van der Waals surface area (Å²) >= 11 is 1.42. The van der Waals surface area contributed by atoms with E-state index in [2.05, 4.69) is 28.3 Å². The second-order valence-corrected chi connectivity index (χ2v) is 11.4. The Morgan fingerprint density at radius 2 is 2.10 bits per heavy atom. The Labute approximate surface area is 188 Å². The van der Waals surface area contributed by atoms with Gasteiger partial charge >= 0.3 is 0 Å². The Bertz CT molecular complexity index is 944. The molecule has 1 aromatic heterocycles. The van der Waals surface area contributed by atoms with Crippen molar-refractivity contribution in [3.05, 3.63) is 35.4 Å². The summed E-state index contributed by atoms with van der Waals surface area (Å²) < 4.78 is 25.2. The smallest absolute Gasteiger partial charge is 0.224 e. The number of nitrogens with one attached hydrogen (secondary N) is 1. The fraction of sp³-hybridized carbons (Fsp3) is 0.619. The number of nitrogens with zero attached hydrogens (tertiary/aromatic N) is 4. The second-order valence-electron chi connectivity index (χ2n) is 8.21. The van der Waals surface area contributed by atoms with Crippen LogP contribution in [0, 0.1) is 17.2 Å². The van der Waals surface area contributed by atoms with E-state index in [1.54, 1.807) is 17.7 Å². The van der Waals surface area contributed by atoms with Gasteiger partial charge in [0.25, 0.3) is 0 Å². The van der Waals surface area contributed by atoms with E-state index in [9.17, 15) is 18.5 Å². The molecule has 1 N–H and O–H groups in total. The van der Waals surface area contributed by atoms with E-state index in [1.165, 1.54) is 22.9 Å². The van der Waals surface area contributed by atoms with Crippen LogP contribution < -0.4 is 5.32 Å². The number of thioether (sulfide) groups is 1. The van der Waals surface area contributed by atoms with Gasteiger partial charge in [-0.3, -0.25) is 4.79 Å². The van der Waals surface area contributed by atoms with Crippen LogP contribution in [-0.4, -0.2) is 40.8 Å². The topological polar surface area (TPSA) is 118 Å². The minimum Gasteiger partial charge on any atom is -0.347 e. The van der Waals surface area contributed by atoms with E-state index < -0.39 is 15.4 Å². The fourth-order valence-corrected chi connectivity index (χ4v) is 6.12. The van der Waals surface area contributed by atoms with Crippen molar-refractivity contribution in [3.63, 3.8) is 0 Å². The summed E-state index contributed by atoms with van der Waals surface area (Å²) in [5.74, 6) is 0.102. The molecule has 1 aromatic rings. The first kappa shape index (κ1) is 23.5. The van der Waals surface area contributed by atoms with Gasteiger partial charge in [-0.25, -0.2) is 13.1 Å². The van der Waals surface area contributed by atoms with E-state index in [1.807, 2.05) is 5.41 Å². The number of nitriles is 1. The van der Waals surface area contributed by atoms with Crippen molar-refractivity contribution in [2.24, 2.45) is 5.92 Å². The quantitative estimate of drug-likeness (QED) is 0.629. The Hall–Kier alpha value is -2.12. The third kappa shape index (κ3) is 5.98. The molecule has 1 amide bonds. The molecule has 1 atom stereocenters. The van der Waals surface area contributed by atoms with Crippen LogP contribution in [0.2, 0.25) is 0 Å². The number of hydrogen-bond donors (Lipinski definition) is 1. The first-order valence-electron chi connectivity index (χ1n) is 10.6. The maximum atomic E-state index is 12.6. The number of hydrogen-bond acceptors (Lipinski definition) is 7. The zero-order chi connectivity index (χ0) is 22.3. The molecular formula is C21H29N5O3S2.